The Morgan fingerprint density at radius 1 is 1.21 bits per heavy atom. The standard InChI is InChI=1S/C13H20N/c1-3-4-8-12-10(2)11-7-5-6-9-13(11)14-12/h3-9H2,1-2H3. The van der Waals surface area contributed by atoms with Crippen LogP contribution in [0.15, 0.2) is 22.5 Å². The summed E-state index contributed by atoms with van der Waals surface area (Å²) < 4.78 is 0. The molecule has 2 rings (SSSR count). The van der Waals surface area contributed by atoms with E-state index in [9.17, 15) is 0 Å². The van der Waals surface area contributed by atoms with Crippen LogP contribution in [0.25, 0.3) is 0 Å². The van der Waals surface area contributed by atoms with Gasteiger partial charge in [-0.1, -0.05) is 13.3 Å². The van der Waals surface area contributed by atoms with Crippen molar-refractivity contribution in [2.75, 3.05) is 0 Å². The van der Waals surface area contributed by atoms with Crippen LogP contribution in [0.5, 0.6) is 0 Å². The van der Waals surface area contributed by atoms with E-state index in [1.54, 1.807) is 5.57 Å². The predicted molar refractivity (Wildman–Crippen MR) is 59.9 cm³/mol. The van der Waals surface area contributed by atoms with Crippen LogP contribution in [0.4, 0.5) is 0 Å². The number of hydrogen-bond donors (Lipinski definition) is 0. The minimum Gasteiger partial charge on any atom is -0.257 e. The predicted octanol–water partition coefficient (Wildman–Crippen LogP) is 3.90. The summed E-state index contributed by atoms with van der Waals surface area (Å²) in [5.41, 5.74) is 5.90. The molecule has 0 fully saturated rings. The van der Waals surface area contributed by atoms with Gasteiger partial charge in [0.15, 0.2) is 0 Å². The van der Waals surface area contributed by atoms with E-state index in [0.717, 1.165) is 0 Å². The van der Waals surface area contributed by atoms with Crippen LogP contribution in [0.3, 0.4) is 0 Å². The lowest BCUT2D eigenvalue weighted by Crippen LogP contribution is -2.03. The summed E-state index contributed by atoms with van der Waals surface area (Å²) in [6, 6.07) is 0. The van der Waals surface area contributed by atoms with Crippen LogP contribution in [0.2, 0.25) is 0 Å². The van der Waals surface area contributed by atoms with Crippen LogP contribution in [0.1, 0.15) is 58.8 Å². The van der Waals surface area contributed by atoms with E-state index in [-0.39, 0.29) is 0 Å². The van der Waals surface area contributed by atoms with Crippen molar-refractivity contribution in [2.45, 2.75) is 58.8 Å². The van der Waals surface area contributed by atoms with Gasteiger partial charge in [-0.05, 0) is 56.6 Å². The summed E-state index contributed by atoms with van der Waals surface area (Å²) in [4.78, 5) is 0. The summed E-state index contributed by atoms with van der Waals surface area (Å²) in [5, 5.41) is 4.79. The zero-order valence-electron chi connectivity index (χ0n) is 9.40. The molecule has 0 amide bonds. The third kappa shape index (κ3) is 1.73. The average molecular weight is 190 g/mol. The highest BCUT2D eigenvalue weighted by molar-refractivity contribution is 5.44. The van der Waals surface area contributed by atoms with E-state index in [1.807, 2.05) is 0 Å². The number of unbranched alkanes of at least 4 members (excludes halogenated alkanes) is 1. The Kier molecular flexibility index (Phi) is 2.95. The average Bonchev–Trinajstić information content (AvgIpc) is 2.54. The van der Waals surface area contributed by atoms with Gasteiger partial charge in [-0.15, -0.1) is 0 Å². The molecule has 0 saturated heterocycles. The maximum atomic E-state index is 4.79. The molecule has 0 unspecified atom stereocenters. The monoisotopic (exact) mass is 190 g/mol. The molecule has 14 heavy (non-hydrogen) atoms. The van der Waals surface area contributed by atoms with Crippen molar-refractivity contribution in [3.8, 4) is 0 Å². The Morgan fingerprint density at radius 3 is 2.71 bits per heavy atom. The molecular formula is C13H20N. The van der Waals surface area contributed by atoms with Gasteiger partial charge in [0.1, 0.15) is 0 Å². The van der Waals surface area contributed by atoms with E-state index in [2.05, 4.69) is 13.8 Å². The van der Waals surface area contributed by atoms with Crippen molar-refractivity contribution < 1.29 is 0 Å². The summed E-state index contributed by atoms with van der Waals surface area (Å²) in [6.07, 6.45) is 8.97. The molecule has 0 spiro atoms. The van der Waals surface area contributed by atoms with E-state index < -0.39 is 0 Å². The second-order valence-electron chi connectivity index (χ2n) is 4.42. The Bertz CT molecular complexity index is 284. The second kappa shape index (κ2) is 4.20. The SMILES string of the molecule is CCCCC1=C(C)C2=C(CCCC2)[N]1. The number of hydrogen-bond acceptors (Lipinski definition) is 0. The molecular weight excluding hydrogens is 170 g/mol. The summed E-state index contributed by atoms with van der Waals surface area (Å²) in [6.45, 7) is 4.51. The van der Waals surface area contributed by atoms with Gasteiger partial charge in [0.2, 0.25) is 0 Å². The lowest BCUT2D eigenvalue weighted by Gasteiger charge is -2.13. The maximum absolute atomic E-state index is 4.79. The fraction of sp³-hybridized carbons (Fsp3) is 0.692. The Balaban J connectivity index is 2.06. The van der Waals surface area contributed by atoms with Crippen LogP contribution < -0.4 is 5.32 Å². The van der Waals surface area contributed by atoms with E-state index >= 15 is 0 Å². The fourth-order valence-electron chi connectivity index (χ4n) is 2.43. The second-order valence-corrected chi connectivity index (χ2v) is 4.42. The summed E-state index contributed by atoms with van der Waals surface area (Å²) in [7, 11) is 0. The molecule has 0 bridgehead atoms. The first kappa shape index (κ1) is 9.82. The van der Waals surface area contributed by atoms with Gasteiger partial charge in [-0.2, -0.15) is 0 Å². The third-order valence-electron chi connectivity index (χ3n) is 3.36. The Labute approximate surface area is 87.3 Å². The van der Waals surface area contributed by atoms with Crippen molar-refractivity contribution in [3.63, 3.8) is 0 Å². The van der Waals surface area contributed by atoms with Gasteiger partial charge in [0.25, 0.3) is 0 Å². The first-order valence-corrected chi connectivity index (χ1v) is 5.96. The molecule has 0 aromatic heterocycles. The highest BCUT2D eigenvalue weighted by Gasteiger charge is 2.24. The lowest BCUT2D eigenvalue weighted by atomic mass is 9.93. The van der Waals surface area contributed by atoms with Crippen LogP contribution >= 0.6 is 0 Å². The van der Waals surface area contributed by atoms with E-state index in [1.165, 1.54) is 61.9 Å². The van der Waals surface area contributed by atoms with Crippen molar-refractivity contribution in [3.05, 3.63) is 22.5 Å². The van der Waals surface area contributed by atoms with Gasteiger partial charge in [0, 0.05) is 11.4 Å². The zero-order chi connectivity index (χ0) is 9.97. The van der Waals surface area contributed by atoms with Gasteiger partial charge in [-0.3, -0.25) is 5.32 Å². The minimum atomic E-state index is 1.19. The Morgan fingerprint density at radius 2 is 2.00 bits per heavy atom. The molecule has 1 aliphatic carbocycles. The molecule has 0 aromatic carbocycles. The van der Waals surface area contributed by atoms with Crippen LogP contribution in [-0.4, -0.2) is 0 Å². The number of nitrogens with zero attached hydrogens (tertiary/aromatic N) is 1. The highest BCUT2D eigenvalue weighted by Crippen LogP contribution is 2.37. The highest BCUT2D eigenvalue weighted by atomic mass is 14.9. The molecule has 0 atom stereocenters. The molecule has 0 N–H and O–H groups in total. The van der Waals surface area contributed by atoms with Gasteiger partial charge in [-0.25, -0.2) is 0 Å². The quantitative estimate of drug-likeness (QED) is 0.641. The van der Waals surface area contributed by atoms with Crippen molar-refractivity contribution in [1.29, 1.82) is 0 Å². The van der Waals surface area contributed by atoms with Gasteiger partial charge >= 0.3 is 0 Å². The van der Waals surface area contributed by atoms with Gasteiger partial charge in [0.05, 0.1) is 0 Å². The molecule has 1 radical (unpaired) electrons. The molecule has 0 saturated carbocycles. The largest absolute Gasteiger partial charge is 0.257 e. The molecule has 1 heterocycles. The minimum absolute atomic E-state index is 1.19. The maximum Gasteiger partial charge on any atom is 0.0442 e. The topological polar surface area (TPSA) is 14.1 Å². The van der Waals surface area contributed by atoms with Crippen molar-refractivity contribution in [2.24, 2.45) is 0 Å². The number of rotatable bonds is 3. The molecule has 2 aliphatic rings. The molecule has 1 aliphatic heterocycles. The molecule has 1 heteroatoms. The van der Waals surface area contributed by atoms with E-state index in [4.69, 9.17) is 5.32 Å². The molecule has 77 valence electrons. The summed E-state index contributed by atoms with van der Waals surface area (Å²) >= 11 is 0. The van der Waals surface area contributed by atoms with Crippen LogP contribution in [-0.2, 0) is 0 Å². The molecule has 0 aromatic rings. The van der Waals surface area contributed by atoms with Crippen molar-refractivity contribution in [1.82, 2.24) is 5.32 Å². The van der Waals surface area contributed by atoms with Crippen LogP contribution in [0, 0.1) is 0 Å². The number of allylic oxidation sites excluding steroid dienone is 4. The fourth-order valence-corrected chi connectivity index (χ4v) is 2.43. The first-order chi connectivity index (χ1) is 6.83. The normalized spacial score (nSPS) is 21.3. The zero-order valence-corrected chi connectivity index (χ0v) is 9.40. The molecule has 1 nitrogen and oxygen atoms in total. The van der Waals surface area contributed by atoms with E-state index in [0.29, 0.717) is 0 Å². The van der Waals surface area contributed by atoms with Crippen molar-refractivity contribution >= 4 is 0 Å². The third-order valence-corrected chi connectivity index (χ3v) is 3.36. The smallest absolute Gasteiger partial charge is 0.0442 e. The summed E-state index contributed by atoms with van der Waals surface area (Å²) in [5.74, 6) is 0. The van der Waals surface area contributed by atoms with Gasteiger partial charge < -0.3 is 0 Å². The lowest BCUT2D eigenvalue weighted by molar-refractivity contribution is 0.651. The first-order valence-electron chi connectivity index (χ1n) is 5.96. The Hall–Kier alpha value is -0.720.